The minimum absolute atomic E-state index is 0.143. The van der Waals surface area contributed by atoms with Gasteiger partial charge in [0.25, 0.3) is 5.91 Å². The molecule has 106 valence electrons. The zero-order valence-corrected chi connectivity index (χ0v) is 12.1. The van der Waals surface area contributed by atoms with Crippen LogP contribution in [-0.4, -0.2) is 46.6 Å². The summed E-state index contributed by atoms with van der Waals surface area (Å²) < 4.78 is 10.2. The van der Waals surface area contributed by atoms with Gasteiger partial charge in [0.1, 0.15) is 0 Å². The van der Waals surface area contributed by atoms with Crippen molar-refractivity contribution in [3.05, 3.63) is 29.8 Å². The van der Waals surface area contributed by atoms with Gasteiger partial charge < -0.3 is 19.7 Å². The van der Waals surface area contributed by atoms with E-state index in [0.717, 1.165) is 5.69 Å². The fraction of sp³-hybridized carbons (Fsp3) is 0.500. The number of hydrogen-bond donors (Lipinski definition) is 1. The lowest BCUT2D eigenvalue weighted by atomic mass is 10.1. The van der Waals surface area contributed by atoms with Gasteiger partial charge in [-0.25, -0.2) is 0 Å². The van der Waals surface area contributed by atoms with Crippen LogP contribution in [0.15, 0.2) is 24.3 Å². The predicted octanol–water partition coefficient (Wildman–Crippen LogP) is 1.49. The molecule has 0 radical (unpaired) electrons. The van der Waals surface area contributed by atoms with Crippen molar-refractivity contribution in [2.75, 3.05) is 33.2 Å². The summed E-state index contributed by atoms with van der Waals surface area (Å²) >= 11 is 0. The van der Waals surface area contributed by atoms with Crippen molar-refractivity contribution in [3.63, 3.8) is 0 Å². The highest BCUT2D eigenvalue weighted by atomic mass is 16.7. The molecule has 0 aliphatic heterocycles. The van der Waals surface area contributed by atoms with Crippen molar-refractivity contribution in [2.24, 2.45) is 0 Å². The van der Waals surface area contributed by atoms with Gasteiger partial charge in [-0.2, -0.15) is 0 Å². The average Bonchev–Trinajstić information content (AvgIpc) is 2.40. The van der Waals surface area contributed by atoms with E-state index in [9.17, 15) is 4.79 Å². The predicted molar refractivity (Wildman–Crippen MR) is 75.5 cm³/mol. The molecule has 0 saturated heterocycles. The summed E-state index contributed by atoms with van der Waals surface area (Å²) in [5.74, 6) is -0.143. The number of hydrogen-bond acceptors (Lipinski definition) is 4. The Labute approximate surface area is 114 Å². The highest BCUT2D eigenvalue weighted by Gasteiger charge is 2.18. The first-order chi connectivity index (χ1) is 8.99. The van der Waals surface area contributed by atoms with Crippen molar-refractivity contribution in [3.8, 4) is 0 Å². The topological polar surface area (TPSA) is 50.8 Å². The van der Waals surface area contributed by atoms with Gasteiger partial charge in [0.05, 0.1) is 6.04 Å². The molecule has 5 nitrogen and oxygen atoms in total. The van der Waals surface area contributed by atoms with Crippen LogP contribution in [0.25, 0.3) is 0 Å². The Bertz CT molecular complexity index is 417. The molecule has 1 amide bonds. The van der Waals surface area contributed by atoms with Gasteiger partial charge in [-0.3, -0.25) is 4.79 Å². The fourth-order valence-corrected chi connectivity index (χ4v) is 1.79. The Morgan fingerprint density at radius 1 is 1.26 bits per heavy atom. The largest absolute Gasteiger partial charge is 0.378 e. The van der Waals surface area contributed by atoms with E-state index in [2.05, 4.69) is 5.32 Å². The third-order valence-electron chi connectivity index (χ3n) is 2.86. The van der Waals surface area contributed by atoms with Crippen LogP contribution in [0.2, 0.25) is 0 Å². The first kappa shape index (κ1) is 15.5. The highest BCUT2D eigenvalue weighted by molar-refractivity contribution is 5.95. The molecule has 0 spiro atoms. The van der Waals surface area contributed by atoms with Crippen LogP contribution in [0.3, 0.4) is 0 Å². The lowest BCUT2D eigenvalue weighted by Gasteiger charge is -2.22. The Hall–Kier alpha value is -1.59. The summed E-state index contributed by atoms with van der Waals surface area (Å²) in [6, 6.07) is 7.21. The smallest absolute Gasteiger partial charge is 0.251 e. The second-order valence-electron chi connectivity index (χ2n) is 4.55. The Balaban J connectivity index is 2.75. The van der Waals surface area contributed by atoms with Crippen LogP contribution < -0.4 is 10.2 Å². The zero-order chi connectivity index (χ0) is 14.4. The lowest BCUT2D eigenvalue weighted by molar-refractivity contribution is -0.117. The zero-order valence-electron chi connectivity index (χ0n) is 12.1. The van der Waals surface area contributed by atoms with Gasteiger partial charge >= 0.3 is 0 Å². The minimum Gasteiger partial charge on any atom is -0.378 e. The van der Waals surface area contributed by atoms with Gasteiger partial charge in [-0.15, -0.1) is 0 Å². The van der Waals surface area contributed by atoms with Gasteiger partial charge in [-0.1, -0.05) is 6.07 Å². The molecule has 0 aliphatic carbocycles. The number of ether oxygens (including phenoxy) is 2. The van der Waals surface area contributed by atoms with Crippen molar-refractivity contribution in [1.29, 1.82) is 0 Å². The van der Waals surface area contributed by atoms with E-state index in [1.807, 2.05) is 44.1 Å². The van der Waals surface area contributed by atoms with E-state index in [1.54, 1.807) is 20.3 Å². The van der Waals surface area contributed by atoms with E-state index in [0.29, 0.717) is 5.56 Å². The third-order valence-corrected chi connectivity index (χ3v) is 2.86. The molecule has 1 rings (SSSR count). The molecule has 1 N–H and O–H groups in total. The first-order valence-corrected chi connectivity index (χ1v) is 6.13. The molecule has 5 heteroatoms. The number of carbonyl (C=O) groups is 1. The monoisotopic (exact) mass is 266 g/mol. The molecule has 0 fully saturated rings. The van der Waals surface area contributed by atoms with Gasteiger partial charge in [0, 0.05) is 39.6 Å². The molecule has 1 atom stereocenters. The van der Waals surface area contributed by atoms with Crippen LogP contribution >= 0.6 is 0 Å². The van der Waals surface area contributed by atoms with E-state index in [-0.39, 0.29) is 11.9 Å². The van der Waals surface area contributed by atoms with E-state index >= 15 is 0 Å². The van der Waals surface area contributed by atoms with Crippen LogP contribution in [0.5, 0.6) is 0 Å². The normalized spacial score (nSPS) is 12.3. The molecule has 0 heterocycles. The number of rotatable bonds is 6. The molecular formula is C14H22N2O3. The summed E-state index contributed by atoms with van der Waals surface area (Å²) in [7, 11) is 6.96. The SMILES string of the molecule is COC(OC)C(C)NC(=O)c1cccc(N(C)C)c1. The summed E-state index contributed by atoms with van der Waals surface area (Å²) in [4.78, 5) is 14.1. The maximum absolute atomic E-state index is 12.1. The third kappa shape index (κ3) is 4.22. The average molecular weight is 266 g/mol. The molecule has 1 aromatic carbocycles. The van der Waals surface area contributed by atoms with Crippen molar-refractivity contribution in [2.45, 2.75) is 19.3 Å². The quantitative estimate of drug-likeness (QED) is 0.793. The Morgan fingerprint density at radius 2 is 1.89 bits per heavy atom. The number of carbonyl (C=O) groups excluding carboxylic acids is 1. The summed E-state index contributed by atoms with van der Waals surface area (Å²) in [5.41, 5.74) is 1.60. The van der Waals surface area contributed by atoms with Gasteiger partial charge in [0.2, 0.25) is 0 Å². The minimum atomic E-state index is -0.457. The standard InChI is InChI=1S/C14H22N2O3/c1-10(14(18-4)19-5)15-13(17)11-7-6-8-12(9-11)16(2)3/h6-10,14H,1-5H3,(H,15,17). The van der Waals surface area contributed by atoms with Gasteiger partial charge in [-0.05, 0) is 25.1 Å². The maximum atomic E-state index is 12.1. The molecule has 0 saturated carbocycles. The highest BCUT2D eigenvalue weighted by Crippen LogP contribution is 2.13. The van der Waals surface area contributed by atoms with Crippen LogP contribution in [0.1, 0.15) is 17.3 Å². The van der Waals surface area contributed by atoms with Gasteiger partial charge in [0.15, 0.2) is 6.29 Å². The molecule has 19 heavy (non-hydrogen) atoms. The van der Waals surface area contributed by atoms with Crippen LogP contribution in [0, 0.1) is 0 Å². The molecule has 1 unspecified atom stereocenters. The van der Waals surface area contributed by atoms with E-state index in [4.69, 9.17) is 9.47 Å². The van der Waals surface area contributed by atoms with E-state index < -0.39 is 6.29 Å². The summed E-state index contributed by atoms with van der Waals surface area (Å²) in [6.07, 6.45) is -0.457. The van der Waals surface area contributed by atoms with Crippen LogP contribution in [0.4, 0.5) is 5.69 Å². The van der Waals surface area contributed by atoms with Crippen LogP contribution in [-0.2, 0) is 9.47 Å². The molecular weight excluding hydrogens is 244 g/mol. The lowest BCUT2D eigenvalue weighted by Crippen LogP contribution is -2.42. The molecule has 0 bridgehead atoms. The van der Waals surface area contributed by atoms with Crippen molar-refractivity contribution in [1.82, 2.24) is 5.32 Å². The summed E-state index contributed by atoms with van der Waals surface area (Å²) in [5, 5.41) is 2.86. The first-order valence-electron chi connectivity index (χ1n) is 6.13. The molecule has 0 aliphatic rings. The number of amides is 1. The Kier molecular flexibility index (Phi) is 5.79. The van der Waals surface area contributed by atoms with Crippen molar-refractivity contribution >= 4 is 11.6 Å². The molecule has 0 aromatic heterocycles. The second kappa shape index (κ2) is 7.11. The summed E-state index contributed by atoms with van der Waals surface area (Å²) in [6.45, 7) is 1.84. The maximum Gasteiger partial charge on any atom is 0.251 e. The number of benzene rings is 1. The number of nitrogens with one attached hydrogen (secondary N) is 1. The number of anilines is 1. The molecule has 1 aromatic rings. The number of nitrogens with zero attached hydrogens (tertiary/aromatic N) is 1. The van der Waals surface area contributed by atoms with E-state index in [1.165, 1.54) is 0 Å². The second-order valence-corrected chi connectivity index (χ2v) is 4.55. The number of methoxy groups -OCH3 is 2. The van der Waals surface area contributed by atoms with Crippen molar-refractivity contribution < 1.29 is 14.3 Å². The Morgan fingerprint density at radius 3 is 2.42 bits per heavy atom. The fourth-order valence-electron chi connectivity index (χ4n) is 1.79.